The Bertz CT molecular complexity index is 305. The smallest absolute Gasteiger partial charge is 0.378 e. The minimum absolute atomic E-state index is 0.155. The molecule has 0 atom stereocenters. The zero-order chi connectivity index (χ0) is 8.43. The monoisotopic (exact) mass is 190 g/mol. The van der Waals surface area contributed by atoms with Gasteiger partial charge >= 0.3 is 5.97 Å². The third kappa shape index (κ3) is 1.78. The van der Waals surface area contributed by atoms with Gasteiger partial charge in [-0.3, -0.25) is 4.79 Å². The first-order chi connectivity index (χ1) is 5.11. The van der Waals surface area contributed by atoms with Gasteiger partial charge in [0.05, 0.1) is 9.90 Å². The summed E-state index contributed by atoms with van der Waals surface area (Å²) in [5.74, 6) is -2.37. The normalized spacial score (nSPS) is 9.55. The number of halogens is 1. The van der Waals surface area contributed by atoms with Crippen molar-refractivity contribution >= 4 is 34.7 Å². The Labute approximate surface area is 71.2 Å². The Morgan fingerprint density at radius 2 is 2.18 bits per heavy atom. The summed E-state index contributed by atoms with van der Waals surface area (Å²) in [5, 5.41) is 10.2. The van der Waals surface area contributed by atoms with Gasteiger partial charge in [-0.1, -0.05) is 11.6 Å². The van der Waals surface area contributed by atoms with Gasteiger partial charge in [0.1, 0.15) is 0 Å². The molecule has 1 aromatic heterocycles. The number of hydrogen-bond donors (Lipinski definition) is 1. The minimum atomic E-state index is -1.46. The van der Waals surface area contributed by atoms with E-state index >= 15 is 0 Å². The van der Waals surface area contributed by atoms with Crippen molar-refractivity contribution in [1.29, 1.82) is 0 Å². The molecule has 1 heterocycles. The Balaban J connectivity index is 2.94. The number of ketones is 1. The predicted molar refractivity (Wildman–Crippen MR) is 41.3 cm³/mol. The first-order valence-corrected chi connectivity index (χ1v) is 3.88. The van der Waals surface area contributed by atoms with Crippen molar-refractivity contribution in [1.82, 2.24) is 0 Å². The first-order valence-electron chi connectivity index (χ1n) is 2.63. The van der Waals surface area contributed by atoms with Gasteiger partial charge in [0, 0.05) is 5.38 Å². The van der Waals surface area contributed by atoms with Crippen LogP contribution in [-0.2, 0) is 4.79 Å². The molecule has 0 radical (unpaired) electrons. The van der Waals surface area contributed by atoms with E-state index in [0.29, 0.717) is 5.02 Å². The highest BCUT2D eigenvalue weighted by Gasteiger charge is 2.15. The molecular weight excluding hydrogens is 188 g/mol. The summed E-state index contributed by atoms with van der Waals surface area (Å²) in [5.41, 5.74) is 0. The lowest BCUT2D eigenvalue weighted by atomic mass is 10.3. The van der Waals surface area contributed by atoms with Crippen LogP contribution >= 0.6 is 22.9 Å². The molecule has 0 spiro atoms. The lowest BCUT2D eigenvalue weighted by molar-refractivity contribution is -0.131. The van der Waals surface area contributed by atoms with Crippen molar-refractivity contribution < 1.29 is 14.7 Å². The average molecular weight is 191 g/mol. The van der Waals surface area contributed by atoms with Crippen molar-refractivity contribution in [2.24, 2.45) is 0 Å². The van der Waals surface area contributed by atoms with Crippen LogP contribution in [0.25, 0.3) is 0 Å². The standard InChI is InChI=1S/C6H3ClO3S/c7-3-1-4(11-2-3)5(8)6(9)10/h1-2H,(H,9,10). The molecule has 0 aromatic carbocycles. The van der Waals surface area contributed by atoms with Gasteiger partial charge in [-0.25, -0.2) is 4.79 Å². The molecule has 0 amide bonds. The number of carboxylic acid groups (broad SMARTS) is 1. The SMILES string of the molecule is O=C(O)C(=O)c1cc(Cl)cs1. The van der Waals surface area contributed by atoms with Crippen molar-refractivity contribution in [3.63, 3.8) is 0 Å². The fourth-order valence-electron chi connectivity index (χ4n) is 0.538. The molecule has 0 aliphatic heterocycles. The number of thiophene rings is 1. The van der Waals surface area contributed by atoms with Crippen LogP contribution in [0, 0.1) is 0 Å². The fourth-order valence-corrected chi connectivity index (χ4v) is 1.54. The second-order valence-electron chi connectivity index (χ2n) is 1.76. The van der Waals surface area contributed by atoms with Gasteiger partial charge in [-0.2, -0.15) is 0 Å². The summed E-state index contributed by atoms with van der Waals surface area (Å²) in [4.78, 5) is 21.0. The van der Waals surface area contributed by atoms with Gasteiger partial charge in [0.25, 0.3) is 5.78 Å². The van der Waals surface area contributed by atoms with Crippen molar-refractivity contribution in [3.05, 3.63) is 21.3 Å². The van der Waals surface area contributed by atoms with E-state index in [2.05, 4.69) is 0 Å². The molecule has 0 saturated heterocycles. The molecular formula is C6H3ClO3S. The second kappa shape index (κ2) is 3.02. The lowest BCUT2D eigenvalue weighted by Crippen LogP contribution is -2.10. The van der Waals surface area contributed by atoms with E-state index in [0.717, 1.165) is 11.3 Å². The maximum Gasteiger partial charge on any atom is 0.378 e. The molecule has 0 fully saturated rings. The number of hydrogen-bond acceptors (Lipinski definition) is 3. The molecule has 58 valence electrons. The molecule has 1 rings (SSSR count). The summed E-state index contributed by atoms with van der Waals surface area (Å²) in [6, 6.07) is 1.34. The first kappa shape index (κ1) is 8.23. The quantitative estimate of drug-likeness (QED) is 0.570. The molecule has 0 aliphatic carbocycles. The molecule has 5 heteroatoms. The van der Waals surface area contributed by atoms with Crippen molar-refractivity contribution in [3.8, 4) is 0 Å². The zero-order valence-corrected chi connectivity index (χ0v) is 6.78. The van der Waals surface area contributed by atoms with Crippen LogP contribution in [0.15, 0.2) is 11.4 Å². The largest absolute Gasteiger partial charge is 0.475 e. The topological polar surface area (TPSA) is 54.4 Å². The Morgan fingerprint density at radius 3 is 2.55 bits per heavy atom. The van der Waals surface area contributed by atoms with Crippen LogP contribution < -0.4 is 0 Å². The molecule has 0 aliphatic rings. The van der Waals surface area contributed by atoms with Crippen LogP contribution in [0.3, 0.4) is 0 Å². The van der Waals surface area contributed by atoms with E-state index in [4.69, 9.17) is 16.7 Å². The molecule has 0 bridgehead atoms. The van der Waals surface area contributed by atoms with E-state index in [9.17, 15) is 9.59 Å². The average Bonchev–Trinajstić information content (AvgIpc) is 2.34. The van der Waals surface area contributed by atoms with E-state index in [1.54, 1.807) is 0 Å². The predicted octanol–water partition coefficient (Wildman–Crippen LogP) is 1.67. The third-order valence-corrected chi connectivity index (χ3v) is 2.26. The van der Waals surface area contributed by atoms with Crippen molar-refractivity contribution in [2.75, 3.05) is 0 Å². The second-order valence-corrected chi connectivity index (χ2v) is 3.11. The third-order valence-electron chi connectivity index (χ3n) is 0.985. The fraction of sp³-hybridized carbons (Fsp3) is 0. The van der Waals surface area contributed by atoms with Crippen molar-refractivity contribution in [2.45, 2.75) is 0 Å². The van der Waals surface area contributed by atoms with Gasteiger partial charge in [0.15, 0.2) is 0 Å². The number of aliphatic carboxylic acids is 1. The van der Waals surface area contributed by atoms with E-state index in [-0.39, 0.29) is 4.88 Å². The lowest BCUT2D eigenvalue weighted by Gasteiger charge is -1.85. The van der Waals surface area contributed by atoms with E-state index in [1.807, 2.05) is 0 Å². The van der Waals surface area contributed by atoms with Crippen LogP contribution in [0.4, 0.5) is 0 Å². The Kier molecular flexibility index (Phi) is 2.26. The van der Waals surface area contributed by atoms with E-state index in [1.165, 1.54) is 11.4 Å². The van der Waals surface area contributed by atoms with Gasteiger partial charge in [-0.05, 0) is 6.07 Å². The van der Waals surface area contributed by atoms with E-state index < -0.39 is 11.8 Å². The maximum absolute atomic E-state index is 10.7. The van der Waals surface area contributed by atoms with Crippen LogP contribution in [0.2, 0.25) is 5.02 Å². The number of carbonyl (C=O) groups excluding carboxylic acids is 1. The molecule has 1 aromatic rings. The molecule has 3 nitrogen and oxygen atoms in total. The molecule has 11 heavy (non-hydrogen) atoms. The summed E-state index contributed by atoms with van der Waals surface area (Å²) in [6.45, 7) is 0. The highest BCUT2D eigenvalue weighted by molar-refractivity contribution is 7.13. The summed E-state index contributed by atoms with van der Waals surface area (Å²) < 4.78 is 0. The van der Waals surface area contributed by atoms with Gasteiger partial charge < -0.3 is 5.11 Å². The highest BCUT2D eigenvalue weighted by atomic mass is 35.5. The van der Waals surface area contributed by atoms with Crippen LogP contribution in [0.5, 0.6) is 0 Å². The summed E-state index contributed by atoms with van der Waals surface area (Å²) in [7, 11) is 0. The molecule has 0 saturated carbocycles. The van der Waals surface area contributed by atoms with Gasteiger partial charge in [0.2, 0.25) is 0 Å². The Hall–Kier alpha value is -0.870. The molecule has 1 N–H and O–H groups in total. The number of carboxylic acids is 1. The highest BCUT2D eigenvalue weighted by Crippen LogP contribution is 2.19. The zero-order valence-electron chi connectivity index (χ0n) is 5.20. The number of carbonyl (C=O) groups is 2. The minimum Gasteiger partial charge on any atom is -0.475 e. The summed E-state index contributed by atoms with van der Waals surface area (Å²) >= 11 is 6.50. The number of Topliss-reactive ketones (excluding diaryl/α,β-unsaturated/α-hetero) is 1. The summed E-state index contributed by atoms with van der Waals surface area (Å²) in [6.07, 6.45) is 0. The van der Waals surface area contributed by atoms with Crippen LogP contribution in [0.1, 0.15) is 9.67 Å². The maximum atomic E-state index is 10.7. The molecule has 0 unspecified atom stereocenters. The number of rotatable bonds is 2. The Morgan fingerprint density at radius 1 is 1.55 bits per heavy atom. The van der Waals surface area contributed by atoms with Gasteiger partial charge in [-0.15, -0.1) is 11.3 Å². The van der Waals surface area contributed by atoms with Crippen LogP contribution in [-0.4, -0.2) is 16.9 Å².